The number of unbranched alkanes of at least 4 members (excludes halogenated alkanes) is 18. The normalized spacial score (nSPS) is 12.9. The van der Waals surface area contributed by atoms with Gasteiger partial charge in [0, 0.05) is 19.3 Å². The summed E-state index contributed by atoms with van der Waals surface area (Å²) in [7, 11) is 0. The van der Waals surface area contributed by atoms with Gasteiger partial charge in [-0.05, 0) is 83.5 Å². The molecule has 0 aliphatic heterocycles. The maximum atomic E-state index is 12.7. The van der Waals surface area contributed by atoms with Crippen LogP contribution in [0, 0.1) is 0 Å². The monoisotopic (exact) mass is 805 g/mol. The topological polar surface area (TPSA) is 78.9 Å². The van der Waals surface area contributed by atoms with Crippen molar-refractivity contribution in [3.8, 4) is 0 Å². The minimum absolute atomic E-state index is 0.109. The summed E-state index contributed by atoms with van der Waals surface area (Å²) in [5.41, 5.74) is 0. The molecule has 0 radical (unpaired) electrons. The second-order valence-electron chi connectivity index (χ2n) is 15.1. The molecule has 0 saturated heterocycles. The quantitative estimate of drug-likeness (QED) is 0.0202. The lowest BCUT2D eigenvalue weighted by Gasteiger charge is -2.18. The van der Waals surface area contributed by atoms with Gasteiger partial charge in [0.15, 0.2) is 6.10 Å². The van der Waals surface area contributed by atoms with Gasteiger partial charge in [-0.1, -0.05) is 189 Å². The Bertz CT molecular complexity index is 1200. The Morgan fingerprint density at radius 3 is 1.21 bits per heavy atom. The van der Waals surface area contributed by atoms with Crippen LogP contribution in [0.25, 0.3) is 0 Å². The highest BCUT2D eigenvalue weighted by atomic mass is 16.6. The Balaban J connectivity index is 4.46. The fraction of sp³-hybridized carbons (Fsp3) is 0.635. The summed E-state index contributed by atoms with van der Waals surface area (Å²) in [6.07, 6.45) is 59.6. The van der Waals surface area contributed by atoms with Crippen molar-refractivity contribution < 1.29 is 28.6 Å². The first-order chi connectivity index (χ1) is 28.5. The molecule has 0 amide bonds. The van der Waals surface area contributed by atoms with Gasteiger partial charge in [0.05, 0.1) is 0 Å². The average Bonchev–Trinajstić information content (AvgIpc) is 3.22. The Kier molecular flexibility index (Phi) is 43.1. The molecule has 0 aliphatic rings. The van der Waals surface area contributed by atoms with Gasteiger partial charge in [-0.3, -0.25) is 14.4 Å². The van der Waals surface area contributed by atoms with Gasteiger partial charge < -0.3 is 14.2 Å². The number of rotatable bonds is 40. The van der Waals surface area contributed by atoms with Crippen molar-refractivity contribution in [2.75, 3.05) is 13.2 Å². The first-order valence-corrected chi connectivity index (χ1v) is 23.3. The van der Waals surface area contributed by atoms with Crippen LogP contribution in [0.3, 0.4) is 0 Å². The number of allylic oxidation sites excluding steroid dienone is 16. The van der Waals surface area contributed by atoms with Crippen LogP contribution in [0.15, 0.2) is 97.2 Å². The van der Waals surface area contributed by atoms with E-state index in [2.05, 4.69) is 112 Å². The molecule has 0 aromatic rings. The van der Waals surface area contributed by atoms with E-state index in [9.17, 15) is 14.4 Å². The molecule has 0 heterocycles. The highest BCUT2D eigenvalue weighted by Gasteiger charge is 2.19. The smallest absolute Gasteiger partial charge is 0.306 e. The molecule has 0 fully saturated rings. The Morgan fingerprint density at radius 2 is 0.707 bits per heavy atom. The molecule has 0 aromatic heterocycles. The van der Waals surface area contributed by atoms with Crippen LogP contribution in [-0.4, -0.2) is 37.2 Å². The summed E-state index contributed by atoms with van der Waals surface area (Å²) < 4.78 is 16.6. The van der Waals surface area contributed by atoms with Crippen LogP contribution in [0.1, 0.15) is 194 Å². The summed E-state index contributed by atoms with van der Waals surface area (Å²) in [5.74, 6) is -0.996. The van der Waals surface area contributed by atoms with E-state index in [0.29, 0.717) is 25.7 Å². The number of carbonyl (C=O) groups excluding carboxylic acids is 3. The summed E-state index contributed by atoms with van der Waals surface area (Å²) >= 11 is 0. The van der Waals surface area contributed by atoms with Crippen molar-refractivity contribution in [2.45, 2.75) is 200 Å². The van der Waals surface area contributed by atoms with Crippen molar-refractivity contribution in [2.24, 2.45) is 0 Å². The zero-order valence-corrected chi connectivity index (χ0v) is 37.3. The van der Waals surface area contributed by atoms with Gasteiger partial charge in [-0.15, -0.1) is 0 Å². The molecule has 1 unspecified atom stereocenters. The van der Waals surface area contributed by atoms with E-state index in [-0.39, 0.29) is 31.1 Å². The molecular formula is C52H84O6. The first kappa shape index (κ1) is 54.3. The van der Waals surface area contributed by atoms with Crippen LogP contribution in [0.5, 0.6) is 0 Å². The van der Waals surface area contributed by atoms with E-state index in [0.717, 1.165) is 103 Å². The van der Waals surface area contributed by atoms with Gasteiger partial charge in [0.25, 0.3) is 0 Å². The maximum Gasteiger partial charge on any atom is 0.306 e. The third kappa shape index (κ3) is 43.5. The highest BCUT2D eigenvalue weighted by Crippen LogP contribution is 2.12. The summed E-state index contributed by atoms with van der Waals surface area (Å²) in [6, 6.07) is 0. The van der Waals surface area contributed by atoms with E-state index in [1.807, 2.05) is 6.08 Å². The summed E-state index contributed by atoms with van der Waals surface area (Å²) in [5, 5.41) is 0. The van der Waals surface area contributed by atoms with Crippen LogP contribution in [-0.2, 0) is 28.6 Å². The average molecular weight is 805 g/mol. The molecule has 1 atom stereocenters. The van der Waals surface area contributed by atoms with E-state index in [1.165, 1.54) is 44.9 Å². The van der Waals surface area contributed by atoms with E-state index in [4.69, 9.17) is 14.2 Å². The molecular weight excluding hydrogens is 721 g/mol. The van der Waals surface area contributed by atoms with Gasteiger partial charge in [0.2, 0.25) is 0 Å². The molecule has 6 nitrogen and oxygen atoms in total. The SMILES string of the molecule is CC\C=C/C=C\C=C/CCCCCCCC(=O)OC(COC(=O)CCC/C=C\CCCCCC)COC(=O)CCCCCCC\C=C/C=C\C=C/C=C\CCCCC. The molecule has 0 bridgehead atoms. The third-order valence-corrected chi connectivity index (χ3v) is 9.45. The maximum absolute atomic E-state index is 12.7. The van der Waals surface area contributed by atoms with Gasteiger partial charge in [-0.25, -0.2) is 0 Å². The zero-order chi connectivity index (χ0) is 42.3. The molecule has 0 spiro atoms. The second-order valence-corrected chi connectivity index (χ2v) is 15.1. The largest absolute Gasteiger partial charge is 0.462 e. The number of hydrogen-bond acceptors (Lipinski definition) is 6. The molecule has 0 aliphatic carbocycles. The Labute approximate surface area is 356 Å². The third-order valence-electron chi connectivity index (χ3n) is 9.45. The Morgan fingerprint density at radius 1 is 0.362 bits per heavy atom. The fourth-order valence-electron chi connectivity index (χ4n) is 5.93. The second kappa shape index (κ2) is 46.0. The predicted octanol–water partition coefficient (Wildman–Crippen LogP) is 15.0. The first-order valence-electron chi connectivity index (χ1n) is 23.3. The molecule has 0 rings (SSSR count). The van der Waals surface area contributed by atoms with Gasteiger partial charge in [0.1, 0.15) is 13.2 Å². The number of hydrogen-bond donors (Lipinski definition) is 0. The lowest BCUT2D eigenvalue weighted by molar-refractivity contribution is -0.167. The van der Waals surface area contributed by atoms with Gasteiger partial charge >= 0.3 is 17.9 Å². The molecule has 328 valence electrons. The van der Waals surface area contributed by atoms with E-state index in [1.54, 1.807) is 0 Å². The minimum atomic E-state index is -0.808. The summed E-state index contributed by atoms with van der Waals surface area (Å²) in [6.45, 7) is 6.34. The molecule has 0 aromatic carbocycles. The van der Waals surface area contributed by atoms with Crippen LogP contribution in [0.2, 0.25) is 0 Å². The summed E-state index contributed by atoms with van der Waals surface area (Å²) in [4.78, 5) is 37.7. The van der Waals surface area contributed by atoms with Crippen molar-refractivity contribution in [1.82, 2.24) is 0 Å². The molecule has 58 heavy (non-hydrogen) atoms. The number of carbonyl (C=O) groups is 3. The zero-order valence-electron chi connectivity index (χ0n) is 37.3. The molecule has 6 heteroatoms. The highest BCUT2D eigenvalue weighted by molar-refractivity contribution is 5.71. The van der Waals surface area contributed by atoms with Crippen molar-refractivity contribution in [3.05, 3.63) is 97.2 Å². The van der Waals surface area contributed by atoms with E-state index >= 15 is 0 Å². The van der Waals surface area contributed by atoms with Crippen LogP contribution in [0.4, 0.5) is 0 Å². The van der Waals surface area contributed by atoms with E-state index < -0.39 is 6.10 Å². The number of esters is 3. The lowest BCUT2D eigenvalue weighted by atomic mass is 10.1. The fourth-order valence-corrected chi connectivity index (χ4v) is 5.93. The predicted molar refractivity (Wildman–Crippen MR) is 247 cm³/mol. The molecule has 0 saturated carbocycles. The minimum Gasteiger partial charge on any atom is -0.462 e. The van der Waals surface area contributed by atoms with Crippen molar-refractivity contribution in [3.63, 3.8) is 0 Å². The van der Waals surface area contributed by atoms with Crippen molar-refractivity contribution in [1.29, 1.82) is 0 Å². The van der Waals surface area contributed by atoms with Crippen molar-refractivity contribution >= 4 is 17.9 Å². The van der Waals surface area contributed by atoms with Gasteiger partial charge in [-0.2, -0.15) is 0 Å². The Hall–Kier alpha value is -3.67. The standard InChI is InChI=1S/C52H84O6/c1-4-7-10-13-16-19-21-23-24-25-26-27-29-30-33-36-39-42-45-51(54)57-48-49(47-56-50(53)44-41-38-35-32-18-15-12-9-6-3)58-52(55)46-43-40-37-34-31-28-22-20-17-14-11-8-5-2/h8,11,14,16-17,19-27,32,35,49H,4-7,9-10,12-13,15,18,28-31,33-34,36-48H2,1-3H3/b11-8-,17-14-,19-16-,22-20-,23-21-,25-24-,27-26-,35-32-. The number of ether oxygens (including phenoxy) is 3. The molecule has 0 N–H and O–H groups in total. The lowest BCUT2D eigenvalue weighted by Crippen LogP contribution is -2.30. The van der Waals surface area contributed by atoms with Crippen LogP contribution >= 0.6 is 0 Å². The van der Waals surface area contributed by atoms with Crippen LogP contribution < -0.4 is 0 Å².